The minimum Gasteiger partial charge on any atom is -0.356 e. The molecule has 1 aliphatic heterocycles. The summed E-state index contributed by atoms with van der Waals surface area (Å²) in [7, 11) is 0. The van der Waals surface area contributed by atoms with E-state index in [1.807, 2.05) is 36.2 Å². The molecular weight excluding hydrogens is 412 g/mol. The second-order valence-corrected chi connectivity index (χ2v) is 9.53. The Bertz CT molecular complexity index is 1090. The van der Waals surface area contributed by atoms with Crippen molar-refractivity contribution in [3.8, 4) is 11.3 Å². The van der Waals surface area contributed by atoms with E-state index in [2.05, 4.69) is 30.9 Å². The summed E-state index contributed by atoms with van der Waals surface area (Å²) in [5.41, 5.74) is 3.06. The van der Waals surface area contributed by atoms with E-state index in [1.165, 1.54) is 0 Å². The van der Waals surface area contributed by atoms with E-state index in [9.17, 15) is 4.79 Å². The number of carbonyl (C=O) groups excluding carboxylic acids is 1. The summed E-state index contributed by atoms with van der Waals surface area (Å²) < 4.78 is 5.53. The first-order valence-electron chi connectivity index (χ1n) is 10.6. The van der Waals surface area contributed by atoms with Gasteiger partial charge in [0.05, 0.1) is 27.5 Å². The van der Waals surface area contributed by atoms with Gasteiger partial charge in [-0.25, -0.2) is 9.97 Å². The van der Waals surface area contributed by atoms with Gasteiger partial charge in [0.1, 0.15) is 5.82 Å². The van der Waals surface area contributed by atoms with Crippen molar-refractivity contribution in [3.63, 3.8) is 0 Å². The summed E-state index contributed by atoms with van der Waals surface area (Å²) in [5, 5.41) is 4.52. The zero-order valence-electron chi connectivity index (χ0n) is 18.4. The molecule has 4 rings (SSSR count). The molecule has 1 fully saturated rings. The summed E-state index contributed by atoms with van der Waals surface area (Å²) >= 11 is 6.23. The Kier molecular flexibility index (Phi) is 5.84. The number of nitrogens with zero attached hydrogens (tertiary/aromatic N) is 4. The molecule has 3 heterocycles. The highest BCUT2D eigenvalue weighted by atomic mass is 35.5. The Morgan fingerprint density at radius 2 is 1.90 bits per heavy atom. The first kappa shape index (κ1) is 21.5. The van der Waals surface area contributed by atoms with Crippen LogP contribution in [0.1, 0.15) is 67.1 Å². The van der Waals surface area contributed by atoms with Crippen molar-refractivity contribution < 1.29 is 9.32 Å². The van der Waals surface area contributed by atoms with Crippen LogP contribution in [0.3, 0.4) is 0 Å². The number of halogens is 1. The lowest BCUT2D eigenvalue weighted by atomic mass is 9.88. The number of likely N-dealkylation sites (tertiary alicyclic amines) is 1. The number of amides is 1. The van der Waals surface area contributed by atoms with Gasteiger partial charge in [0.25, 0.3) is 5.91 Å². The highest BCUT2D eigenvalue weighted by molar-refractivity contribution is 6.33. The quantitative estimate of drug-likeness (QED) is 0.546. The minimum atomic E-state index is -0.161. The highest BCUT2D eigenvalue weighted by Crippen LogP contribution is 2.36. The molecule has 2 aromatic heterocycles. The first-order chi connectivity index (χ1) is 14.7. The van der Waals surface area contributed by atoms with Crippen molar-refractivity contribution in [1.82, 2.24) is 20.0 Å². The third-order valence-corrected chi connectivity index (χ3v) is 5.99. The van der Waals surface area contributed by atoms with Gasteiger partial charge in [-0.15, -0.1) is 0 Å². The van der Waals surface area contributed by atoms with Crippen molar-refractivity contribution in [3.05, 3.63) is 64.3 Å². The molecule has 3 aromatic rings. The summed E-state index contributed by atoms with van der Waals surface area (Å²) in [4.78, 5) is 24.4. The number of rotatable bonds is 3. The van der Waals surface area contributed by atoms with Gasteiger partial charge in [-0.1, -0.05) is 49.7 Å². The Morgan fingerprint density at radius 3 is 2.52 bits per heavy atom. The fourth-order valence-corrected chi connectivity index (χ4v) is 4.13. The van der Waals surface area contributed by atoms with Gasteiger partial charge >= 0.3 is 0 Å². The Morgan fingerprint density at radius 1 is 1.19 bits per heavy atom. The van der Waals surface area contributed by atoms with Crippen LogP contribution < -0.4 is 0 Å². The number of aryl methyl sites for hydroxylation is 1. The molecule has 1 aliphatic rings. The highest BCUT2D eigenvalue weighted by Gasteiger charge is 2.30. The van der Waals surface area contributed by atoms with Gasteiger partial charge in [-0.2, -0.15) is 0 Å². The summed E-state index contributed by atoms with van der Waals surface area (Å²) in [6.45, 7) is 9.52. The van der Waals surface area contributed by atoms with Gasteiger partial charge in [0, 0.05) is 36.7 Å². The Balaban J connectivity index is 1.60. The molecule has 0 atom stereocenters. The molecule has 0 N–H and O–H groups in total. The molecule has 1 saturated heterocycles. The van der Waals surface area contributed by atoms with Gasteiger partial charge < -0.3 is 9.42 Å². The average Bonchev–Trinajstić information content (AvgIpc) is 3.19. The van der Waals surface area contributed by atoms with Crippen molar-refractivity contribution in [1.29, 1.82) is 0 Å². The SMILES string of the molecule is Cc1cc(-c2cnc(C(C)(C)C)nc2C2CCN(C(=O)c3ccccc3Cl)CC2)on1. The minimum absolute atomic E-state index is 0.0202. The molecule has 1 aromatic carbocycles. The number of aromatic nitrogens is 3. The van der Waals surface area contributed by atoms with Crippen LogP contribution in [0.5, 0.6) is 0 Å². The van der Waals surface area contributed by atoms with Gasteiger partial charge in [0.2, 0.25) is 0 Å². The monoisotopic (exact) mass is 438 g/mol. The molecule has 6 nitrogen and oxygen atoms in total. The summed E-state index contributed by atoms with van der Waals surface area (Å²) in [6.07, 6.45) is 3.48. The van der Waals surface area contributed by atoms with E-state index < -0.39 is 0 Å². The van der Waals surface area contributed by atoms with E-state index in [-0.39, 0.29) is 17.2 Å². The number of benzene rings is 1. The van der Waals surface area contributed by atoms with Crippen LogP contribution in [0.15, 0.2) is 41.1 Å². The Labute approximate surface area is 187 Å². The topological polar surface area (TPSA) is 72.1 Å². The number of carbonyl (C=O) groups is 1. The second-order valence-electron chi connectivity index (χ2n) is 9.12. The van der Waals surface area contributed by atoms with Gasteiger partial charge in [-0.05, 0) is 31.9 Å². The number of hydrogen-bond acceptors (Lipinski definition) is 5. The molecule has 0 unspecified atom stereocenters. The second kappa shape index (κ2) is 8.42. The largest absolute Gasteiger partial charge is 0.356 e. The zero-order chi connectivity index (χ0) is 22.2. The summed E-state index contributed by atoms with van der Waals surface area (Å²) in [5.74, 6) is 1.67. The van der Waals surface area contributed by atoms with E-state index in [0.29, 0.717) is 29.4 Å². The van der Waals surface area contributed by atoms with Crippen molar-refractivity contribution in [2.45, 2.75) is 51.9 Å². The standard InChI is InChI=1S/C24H27ClN4O2/c1-15-13-20(31-28-15)18-14-26-23(24(2,3)4)27-21(18)16-9-11-29(12-10-16)22(30)17-7-5-6-8-19(17)25/h5-8,13-14,16H,9-12H2,1-4H3. The molecule has 162 valence electrons. The lowest BCUT2D eigenvalue weighted by Crippen LogP contribution is -2.38. The van der Waals surface area contributed by atoms with Crippen LogP contribution in [-0.4, -0.2) is 39.0 Å². The predicted molar refractivity (Wildman–Crippen MR) is 120 cm³/mol. The van der Waals surface area contributed by atoms with Gasteiger partial charge in [-0.3, -0.25) is 4.79 Å². The number of piperidine rings is 1. The molecule has 0 bridgehead atoms. The van der Waals surface area contributed by atoms with E-state index in [4.69, 9.17) is 21.1 Å². The fourth-order valence-electron chi connectivity index (χ4n) is 3.91. The van der Waals surface area contributed by atoms with Crippen LogP contribution >= 0.6 is 11.6 Å². The normalized spacial score (nSPS) is 15.3. The molecule has 7 heteroatoms. The fraction of sp³-hybridized carbons (Fsp3) is 0.417. The van der Waals surface area contributed by atoms with Crippen molar-refractivity contribution in [2.75, 3.05) is 13.1 Å². The number of hydrogen-bond donors (Lipinski definition) is 0. The lowest BCUT2D eigenvalue weighted by Gasteiger charge is -2.33. The predicted octanol–water partition coefficient (Wildman–Crippen LogP) is 5.41. The van der Waals surface area contributed by atoms with E-state index in [1.54, 1.807) is 12.1 Å². The smallest absolute Gasteiger partial charge is 0.255 e. The van der Waals surface area contributed by atoms with Crippen LogP contribution in [0.25, 0.3) is 11.3 Å². The molecule has 0 saturated carbocycles. The third-order valence-electron chi connectivity index (χ3n) is 5.66. The lowest BCUT2D eigenvalue weighted by molar-refractivity contribution is 0.0712. The third kappa shape index (κ3) is 4.49. The average molecular weight is 439 g/mol. The Hall–Kier alpha value is -2.73. The molecule has 0 radical (unpaired) electrons. The van der Waals surface area contributed by atoms with Crippen LogP contribution in [0, 0.1) is 6.92 Å². The van der Waals surface area contributed by atoms with Crippen molar-refractivity contribution >= 4 is 17.5 Å². The van der Waals surface area contributed by atoms with Crippen LogP contribution in [0.4, 0.5) is 0 Å². The maximum Gasteiger partial charge on any atom is 0.255 e. The van der Waals surface area contributed by atoms with E-state index in [0.717, 1.165) is 35.6 Å². The van der Waals surface area contributed by atoms with Crippen LogP contribution in [-0.2, 0) is 5.41 Å². The van der Waals surface area contributed by atoms with Crippen LogP contribution in [0.2, 0.25) is 5.02 Å². The van der Waals surface area contributed by atoms with E-state index >= 15 is 0 Å². The molecule has 0 aliphatic carbocycles. The maximum absolute atomic E-state index is 12.9. The van der Waals surface area contributed by atoms with Crippen molar-refractivity contribution in [2.24, 2.45) is 0 Å². The molecule has 1 amide bonds. The molecular formula is C24H27ClN4O2. The molecule has 0 spiro atoms. The zero-order valence-corrected chi connectivity index (χ0v) is 19.1. The maximum atomic E-state index is 12.9. The summed E-state index contributed by atoms with van der Waals surface area (Å²) in [6, 6.07) is 9.12. The van der Waals surface area contributed by atoms with Gasteiger partial charge in [0.15, 0.2) is 5.76 Å². The first-order valence-corrected chi connectivity index (χ1v) is 11.0. The molecule has 31 heavy (non-hydrogen) atoms.